The SMILES string of the molecule is Cn1cnnc1-c1cccc(C(N)=O)c1. The number of hydrogen-bond acceptors (Lipinski definition) is 3. The third-order valence-corrected chi connectivity index (χ3v) is 2.12. The standard InChI is InChI=1S/C10H10N4O/c1-14-6-12-13-10(14)8-4-2-3-7(5-8)9(11)15/h2-6H,1H3,(H2,11,15). The number of amides is 1. The minimum absolute atomic E-state index is 0.445. The van der Waals surface area contributed by atoms with E-state index in [0.717, 1.165) is 5.56 Å². The highest BCUT2D eigenvalue weighted by Crippen LogP contribution is 2.16. The average Bonchev–Trinajstić information content (AvgIpc) is 2.64. The maximum absolute atomic E-state index is 11.0. The second-order valence-electron chi connectivity index (χ2n) is 3.21. The Labute approximate surface area is 86.5 Å². The topological polar surface area (TPSA) is 73.8 Å². The molecule has 2 rings (SSSR count). The van der Waals surface area contributed by atoms with Crippen LogP contribution in [0.15, 0.2) is 30.6 Å². The Morgan fingerprint density at radius 1 is 1.47 bits per heavy atom. The van der Waals surface area contributed by atoms with Crippen molar-refractivity contribution in [2.75, 3.05) is 0 Å². The van der Waals surface area contributed by atoms with Gasteiger partial charge in [-0.05, 0) is 12.1 Å². The number of benzene rings is 1. The van der Waals surface area contributed by atoms with Crippen molar-refractivity contribution in [3.05, 3.63) is 36.2 Å². The molecule has 0 saturated carbocycles. The minimum Gasteiger partial charge on any atom is -0.366 e. The number of aromatic nitrogens is 3. The highest BCUT2D eigenvalue weighted by molar-refractivity contribution is 5.93. The maximum Gasteiger partial charge on any atom is 0.248 e. The quantitative estimate of drug-likeness (QED) is 0.774. The number of hydrogen-bond donors (Lipinski definition) is 1. The largest absolute Gasteiger partial charge is 0.366 e. The Morgan fingerprint density at radius 2 is 2.27 bits per heavy atom. The Bertz CT molecular complexity index is 504. The summed E-state index contributed by atoms with van der Waals surface area (Å²) >= 11 is 0. The lowest BCUT2D eigenvalue weighted by Gasteiger charge is -2.01. The molecule has 0 saturated heterocycles. The first kappa shape index (κ1) is 9.39. The number of nitrogens with two attached hydrogens (primary N) is 1. The van der Waals surface area contributed by atoms with Crippen LogP contribution in [-0.2, 0) is 7.05 Å². The molecule has 0 bridgehead atoms. The van der Waals surface area contributed by atoms with Crippen LogP contribution >= 0.6 is 0 Å². The summed E-state index contributed by atoms with van der Waals surface area (Å²) < 4.78 is 1.78. The summed E-state index contributed by atoms with van der Waals surface area (Å²) in [4.78, 5) is 11.0. The van der Waals surface area contributed by atoms with Crippen molar-refractivity contribution in [3.8, 4) is 11.4 Å². The second-order valence-corrected chi connectivity index (χ2v) is 3.21. The first-order valence-electron chi connectivity index (χ1n) is 4.42. The number of primary amides is 1. The van der Waals surface area contributed by atoms with Crippen LogP contribution in [0.5, 0.6) is 0 Å². The second kappa shape index (κ2) is 3.53. The molecule has 1 heterocycles. The molecule has 2 N–H and O–H groups in total. The van der Waals surface area contributed by atoms with Crippen molar-refractivity contribution in [2.45, 2.75) is 0 Å². The fourth-order valence-electron chi connectivity index (χ4n) is 1.36. The summed E-state index contributed by atoms with van der Waals surface area (Å²) in [5.74, 6) is 0.261. The summed E-state index contributed by atoms with van der Waals surface area (Å²) in [6.07, 6.45) is 1.60. The van der Waals surface area contributed by atoms with Gasteiger partial charge in [0.05, 0.1) is 0 Å². The number of nitrogens with zero attached hydrogens (tertiary/aromatic N) is 3. The number of rotatable bonds is 2. The van der Waals surface area contributed by atoms with E-state index >= 15 is 0 Å². The Morgan fingerprint density at radius 3 is 2.87 bits per heavy atom. The van der Waals surface area contributed by atoms with Crippen molar-refractivity contribution in [1.29, 1.82) is 0 Å². The summed E-state index contributed by atoms with van der Waals surface area (Å²) in [7, 11) is 1.84. The third kappa shape index (κ3) is 1.71. The van der Waals surface area contributed by atoms with E-state index in [1.807, 2.05) is 13.1 Å². The summed E-state index contributed by atoms with van der Waals surface area (Å²) in [5, 5.41) is 7.72. The van der Waals surface area contributed by atoms with Gasteiger partial charge in [-0.15, -0.1) is 10.2 Å². The smallest absolute Gasteiger partial charge is 0.248 e. The molecule has 0 fully saturated rings. The van der Waals surface area contributed by atoms with Crippen LogP contribution in [0.2, 0.25) is 0 Å². The van der Waals surface area contributed by atoms with E-state index < -0.39 is 5.91 Å². The van der Waals surface area contributed by atoms with Gasteiger partial charge < -0.3 is 10.3 Å². The molecule has 1 aromatic heterocycles. The van der Waals surface area contributed by atoms with Crippen molar-refractivity contribution < 1.29 is 4.79 Å². The highest BCUT2D eigenvalue weighted by atomic mass is 16.1. The first-order valence-corrected chi connectivity index (χ1v) is 4.42. The predicted molar refractivity (Wildman–Crippen MR) is 55.0 cm³/mol. The Hall–Kier alpha value is -2.17. The molecular weight excluding hydrogens is 192 g/mol. The lowest BCUT2D eigenvalue weighted by Crippen LogP contribution is -2.10. The summed E-state index contributed by atoms with van der Waals surface area (Å²) in [6, 6.07) is 7.00. The maximum atomic E-state index is 11.0. The third-order valence-electron chi connectivity index (χ3n) is 2.12. The van der Waals surface area contributed by atoms with Gasteiger partial charge in [0.25, 0.3) is 0 Å². The zero-order valence-electron chi connectivity index (χ0n) is 8.21. The molecular formula is C10H10N4O. The molecule has 0 unspecified atom stereocenters. The van der Waals surface area contributed by atoms with Gasteiger partial charge in [-0.25, -0.2) is 0 Å². The van der Waals surface area contributed by atoms with Gasteiger partial charge in [0.2, 0.25) is 5.91 Å². The van der Waals surface area contributed by atoms with Gasteiger partial charge in [0.15, 0.2) is 5.82 Å². The molecule has 15 heavy (non-hydrogen) atoms. The van der Waals surface area contributed by atoms with E-state index in [4.69, 9.17) is 5.73 Å². The molecule has 0 spiro atoms. The van der Waals surface area contributed by atoms with E-state index in [9.17, 15) is 4.79 Å². The Kier molecular flexibility index (Phi) is 2.21. The zero-order valence-corrected chi connectivity index (χ0v) is 8.21. The molecule has 76 valence electrons. The van der Waals surface area contributed by atoms with Gasteiger partial charge in [0.1, 0.15) is 6.33 Å². The highest BCUT2D eigenvalue weighted by Gasteiger charge is 2.06. The zero-order chi connectivity index (χ0) is 10.8. The van der Waals surface area contributed by atoms with Crippen LogP contribution in [0.25, 0.3) is 11.4 Å². The molecule has 5 heteroatoms. The van der Waals surface area contributed by atoms with Crippen LogP contribution in [0, 0.1) is 0 Å². The Balaban J connectivity index is 2.50. The van der Waals surface area contributed by atoms with Crippen molar-refractivity contribution in [3.63, 3.8) is 0 Å². The number of carbonyl (C=O) groups excluding carboxylic acids is 1. The monoisotopic (exact) mass is 202 g/mol. The van der Waals surface area contributed by atoms with Crippen LogP contribution in [0.3, 0.4) is 0 Å². The van der Waals surface area contributed by atoms with Crippen LogP contribution in [0.1, 0.15) is 10.4 Å². The molecule has 0 aliphatic carbocycles. The number of carbonyl (C=O) groups is 1. The van der Waals surface area contributed by atoms with Gasteiger partial charge in [-0.3, -0.25) is 4.79 Å². The predicted octanol–water partition coefficient (Wildman–Crippen LogP) is 0.581. The molecule has 2 aromatic rings. The van der Waals surface area contributed by atoms with E-state index in [0.29, 0.717) is 11.4 Å². The summed E-state index contributed by atoms with van der Waals surface area (Å²) in [6.45, 7) is 0. The molecule has 0 atom stereocenters. The van der Waals surface area contributed by atoms with Gasteiger partial charge in [-0.2, -0.15) is 0 Å². The molecule has 0 aliphatic heterocycles. The van der Waals surface area contributed by atoms with E-state index in [2.05, 4.69) is 10.2 Å². The lowest BCUT2D eigenvalue weighted by atomic mass is 10.1. The van der Waals surface area contributed by atoms with Gasteiger partial charge in [0, 0.05) is 18.2 Å². The lowest BCUT2D eigenvalue weighted by molar-refractivity contribution is 0.100. The van der Waals surface area contributed by atoms with Crippen LogP contribution < -0.4 is 5.73 Å². The normalized spacial score (nSPS) is 10.2. The fraction of sp³-hybridized carbons (Fsp3) is 0.100. The van der Waals surface area contributed by atoms with E-state index in [1.54, 1.807) is 29.1 Å². The molecule has 0 aliphatic rings. The molecule has 0 radical (unpaired) electrons. The first-order chi connectivity index (χ1) is 7.18. The van der Waals surface area contributed by atoms with E-state index in [-0.39, 0.29) is 0 Å². The molecule has 1 aromatic carbocycles. The van der Waals surface area contributed by atoms with Gasteiger partial charge in [-0.1, -0.05) is 12.1 Å². The van der Waals surface area contributed by atoms with E-state index in [1.165, 1.54) is 0 Å². The minimum atomic E-state index is -0.445. The number of aryl methyl sites for hydroxylation is 1. The summed E-state index contributed by atoms with van der Waals surface area (Å²) in [5.41, 5.74) is 6.49. The fourth-order valence-corrected chi connectivity index (χ4v) is 1.36. The van der Waals surface area contributed by atoms with Crippen molar-refractivity contribution in [2.24, 2.45) is 12.8 Å². The van der Waals surface area contributed by atoms with Crippen LogP contribution in [0.4, 0.5) is 0 Å². The average molecular weight is 202 g/mol. The van der Waals surface area contributed by atoms with Crippen LogP contribution in [-0.4, -0.2) is 20.7 Å². The van der Waals surface area contributed by atoms with Crippen molar-refractivity contribution in [1.82, 2.24) is 14.8 Å². The molecule has 5 nitrogen and oxygen atoms in total. The molecule has 1 amide bonds. The van der Waals surface area contributed by atoms with Gasteiger partial charge >= 0.3 is 0 Å². The van der Waals surface area contributed by atoms with Crippen molar-refractivity contribution >= 4 is 5.91 Å².